The molecule has 2 aliphatic rings. The summed E-state index contributed by atoms with van der Waals surface area (Å²) >= 11 is 0. The Bertz CT molecular complexity index is 721. The zero-order valence-electron chi connectivity index (χ0n) is 12.5. The van der Waals surface area contributed by atoms with Gasteiger partial charge in [-0.1, -0.05) is 24.3 Å². The monoisotopic (exact) mass is 293 g/mol. The van der Waals surface area contributed by atoms with Crippen LogP contribution in [0.1, 0.15) is 29.5 Å². The Morgan fingerprint density at radius 1 is 1.14 bits per heavy atom. The number of aromatic hydroxyl groups is 1. The summed E-state index contributed by atoms with van der Waals surface area (Å²) in [6.45, 7) is 0. The molecule has 0 saturated carbocycles. The van der Waals surface area contributed by atoms with Crippen molar-refractivity contribution in [3.05, 3.63) is 65.7 Å². The number of allylic oxidation sites excluding steroid dienone is 2. The molecule has 0 fully saturated rings. The second-order valence-electron chi connectivity index (χ2n) is 6.02. The molecule has 0 saturated heterocycles. The van der Waals surface area contributed by atoms with E-state index in [0.29, 0.717) is 17.6 Å². The number of nitrogens with one attached hydrogen (secondary N) is 1. The molecule has 3 heteroatoms. The quantitative estimate of drug-likeness (QED) is 0.814. The first kappa shape index (κ1) is 13.3. The molecule has 112 valence electrons. The van der Waals surface area contributed by atoms with E-state index in [4.69, 9.17) is 4.74 Å². The number of benzene rings is 2. The van der Waals surface area contributed by atoms with Gasteiger partial charge in [-0.05, 0) is 53.8 Å². The molecule has 2 N–H and O–H groups in total. The highest BCUT2D eigenvalue weighted by molar-refractivity contribution is 5.61. The van der Waals surface area contributed by atoms with Gasteiger partial charge in [0.2, 0.25) is 0 Å². The van der Waals surface area contributed by atoms with Crippen LogP contribution in [0.2, 0.25) is 0 Å². The highest BCUT2D eigenvalue weighted by atomic mass is 16.5. The maximum Gasteiger partial charge on any atom is 0.119 e. The lowest BCUT2D eigenvalue weighted by Gasteiger charge is -2.37. The van der Waals surface area contributed by atoms with Crippen LogP contribution in [-0.2, 0) is 0 Å². The second-order valence-corrected chi connectivity index (χ2v) is 6.02. The number of hydrogen-bond acceptors (Lipinski definition) is 3. The molecule has 0 spiro atoms. The van der Waals surface area contributed by atoms with Gasteiger partial charge in [0, 0.05) is 11.6 Å². The summed E-state index contributed by atoms with van der Waals surface area (Å²) < 4.78 is 5.37. The summed E-state index contributed by atoms with van der Waals surface area (Å²) in [5.74, 6) is 2.14. The second kappa shape index (κ2) is 5.09. The topological polar surface area (TPSA) is 41.5 Å². The Morgan fingerprint density at radius 2 is 1.95 bits per heavy atom. The van der Waals surface area contributed by atoms with E-state index in [1.54, 1.807) is 19.2 Å². The van der Waals surface area contributed by atoms with Crippen LogP contribution >= 0.6 is 0 Å². The van der Waals surface area contributed by atoms with Crippen LogP contribution in [0.5, 0.6) is 11.5 Å². The zero-order chi connectivity index (χ0) is 15.1. The van der Waals surface area contributed by atoms with Crippen LogP contribution in [0.4, 0.5) is 5.69 Å². The maximum atomic E-state index is 9.51. The average molecular weight is 293 g/mol. The van der Waals surface area contributed by atoms with E-state index >= 15 is 0 Å². The van der Waals surface area contributed by atoms with Crippen molar-refractivity contribution in [2.45, 2.75) is 18.4 Å². The number of ether oxygens (including phenoxy) is 1. The van der Waals surface area contributed by atoms with Crippen molar-refractivity contribution < 1.29 is 9.84 Å². The fourth-order valence-corrected chi connectivity index (χ4v) is 3.71. The van der Waals surface area contributed by atoms with Gasteiger partial charge in [-0.25, -0.2) is 0 Å². The summed E-state index contributed by atoms with van der Waals surface area (Å²) in [5.41, 5.74) is 3.71. The van der Waals surface area contributed by atoms with E-state index in [1.165, 1.54) is 16.8 Å². The number of hydrogen-bond donors (Lipinski definition) is 2. The highest BCUT2D eigenvalue weighted by Crippen LogP contribution is 2.50. The molecule has 0 aromatic heterocycles. The molecule has 0 bridgehead atoms. The van der Waals surface area contributed by atoms with Crippen LogP contribution in [-0.4, -0.2) is 12.2 Å². The van der Waals surface area contributed by atoms with Crippen molar-refractivity contribution in [3.8, 4) is 11.5 Å². The van der Waals surface area contributed by atoms with Crippen LogP contribution in [0, 0.1) is 5.92 Å². The number of phenolic OH excluding ortho intramolecular Hbond substituents is 1. The van der Waals surface area contributed by atoms with E-state index in [-0.39, 0.29) is 6.04 Å². The normalized spacial score (nSPS) is 25.2. The minimum Gasteiger partial charge on any atom is -0.508 e. The van der Waals surface area contributed by atoms with Gasteiger partial charge in [-0.3, -0.25) is 0 Å². The van der Waals surface area contributed by atoms with Gasteiger partial charge in [0.05, 0.1) is 13.2 Å². The number of methoxy groups -OCH3 is 1. The molecule has 0 amide bonds. The Hall–Kier alpha value is -2.42. The first-order chi connectivity index (χ1) is 10.8. The Kier molecular flexibility index (Phi) is 3.07. The van der Waals surface area contributed by atoms with Crippen molar-refractivity contribution in [2.75, 3.05) is 12.4 Å². The lowest BCUT2D eigenvalue weighted by Crippen LogP contribution is -2.29. The lowest BCUT2D eigenvalue weighted by molar-refractivity contribution is 0.405. The molecule has 3 unspecified atom stereocenters. The Balaban J connectivity index is 1.76. The van der Waals surface area contributed by atoms with Gasteiger partial charge in [-0.15, -0.1) is 0 Å². The average Bonchev–Trinajstić information content (AvgIpc) is 3.04. The maximum absolute atomic E-state index is 9.51. The standard InChI is InChI=1S/C19H19NO2/c1-22-14-9-10-18-17(11-14)15-3-2-4-16(15)19(20-18)12-5-7-13(21)8-6-12/h2-3,5-11,15-16,19-21H,4H2,1H3. The van der Waals surface area contributed by atoms with E-state index in [0.717, 1.165) is 12.2 Å². The van der Waals surface area contributed by atoms with Crippen LogP contribution in [0.3, 0.4) is 0 Å². The molecule has 1 aliphatic carbocycles. The molecule has 4 rings (SSSR count). The molecule has 1 heterocycles. The first-order valence-corrected chi connectivity index (χ1v) is 7.66. The highest BCUT2D eigenvalue weighted by Gasteiger charge is 2.37. The van der Waals surface area contributed by atoms with Crippen molar-refractivity contribution in [1.29, 1.82) is 0 Å². The van der Waals surface area contributed by atoms with Crippen molar-refractivity contribution >= 4 is 5.69 Å². The van der Waals surface area contributed by atoms with Gasteiger partial charge in [0.1, 0.15) is 11.5 Å². The number of fused-ring (bicyclic) bond motifs is 3. The third-order valence-electron chi connectivity index (χ3n) is 4.82. The SMILES string of the molecule is COc1ccc2c(c1)C1C=CCC1C(c1ccc(O)cc1)N2. The molecule has 2 aromatic carbocycles. The predicted molar refractivity (Wildman–Crippen MR) is 87.5 cm³/mol. The van der Waals surface area contributed by atoms with Crippen LogP contribution < -0.4 is 10.1 Å². The third kappa shape index (κ3) is 2.05. The fourth-order valence-electron chi connectivity index (χ4n) is 3.71. The van der Waals surface area contributed by atoms with Crippen LogP contribution in [0.25, 0.3) is 0 Å². The molecule has 2 aromatic rings. The molecular formula is C19H19NO2. The lowest BCUT2D eigenvalue weighted by atomic mass is 9.77. The molecule has 3 atom stereocenters. The fraction of sp³-hybridized carbons (Fsp3) is 0.263. The van der Waals surface area contributed by atoms with Crippen molar-refractivity contribution in [3.63, 3.8) is 0 Å². The van der Waals surface area contributed by atoms with Gasteiger partial charge in [0.15, 0.2) is 0 Å². The summed E-state index contributed by atoms with van der Waals surface area (Å²) in [6.07, 6.45) is 5.66. The minimum absolute atomic E-state index is 0.265. The van der Waals surface area contributed by atoms with Gasteiger partial charge < -0.3 is 15.2 Å². The smallest absolute Gasteiger partial charge is 0.119 e. The van der Waals surface area contributed by atoms with E-state index in [9.17, 15) is 5.11 Å². The summed E-state index contributed by atoms with van der Waals surface area (Å²) in [6, 6.07) is 14.1. The van der Waals surface area contributed by atoms with Crippen molar-refractivity contribution in [2.24, 2.45) is 5.92 Å². The molecule has 22 heavy (non-hydrogen) atoms. The summed E-state index contributed by atoms with van der Waals surface area (Å²) in [5, 5.41) is 13.2. The largest absolute Gasteiger partial charge is 0.508 e. The van der Waals surface area contributed by atoms with E-state index in [1.807, 2.05) is 18.2 Å². The number of phenols is 1. The van der Waals surface area contributed by atoms with E-state index in [2.05, 4.69) is 29.6 Å². The molecule has 0 radical (unpaired) electrons. The third-order valence-corrected chi connectivity index (χ3v) is 4.82. The predicted octanol–water partition coefficient (Wildman–Crippen LogP) is 4.23. The first-order valence-electron chi connectivity index (χ1n) is 7.66. The number of rotatable bonds is 2. The Morgan fingerprint density at radius 3 is 2.73 bits per heavy atom. The number of anilines is 1. The summed E-state index contributed by atoms with van der Waals surface area (Å²) in [7, 11) is 1.71. The molecule has 3 nitrogen and oxygen atoms in total. The van der Waals surface area contributed by atoms with Crippen LogP contribution in [0.15, 0.2) is 54.6 Å². The van der Waals surface area contributed by atoms with Crippen molar-refractivity contribution in [1.82, 2.24) is 0 Å². The van der Waals surface area contributed by atoms with Gasteiger partial charge in [-0.2, -0.15) is 0 Å². The zero-order valence-corrected chi connectivity index (χ0v) is 12.5. The minimum atomic E-state index is 0.265. The van der Waals surface area contributed by atoms with Gasteiger partial charge >= 0.3 is 0 Å². The van der Waals surface area contributed by atoms with Gasteiger partial charge in [0.25, 0.3) is 0 Å². The van der Waals surface area contributed by atoms with E-state index < -0.39 is 0 Å². The summed E-state index contributed by atoms with van der Waals surface area (Å²) in [4.78, 5) is 0. The Labute approximate surface area is 130 Å². The molecule has 1 aliphatic heterocycles. The molecular weight excluding hydrogens is 274 g/mol.